The van der Waals surface area contributed by atoms with Crippen molar-refractivity contribution in [1.82, 2.24) is 0 Å². The van der Waals surface area contributed by atoms with Crippen LogP contribution in [0.3, 0.4) is 0 Å². The fourth-order valence-corrected chi connectivity index (χ4v) is 4.53. The molecule has 0 heterocycles. The summed E-state index contributed by atoms with van der Waals surface area (Å²) in [7, 11) is 0. The summed E-state index contributed by atoms with van der Waals surface area (Å²) in [6, 6.07) is 0. The molecule has 1 heteroatoms. The minimum absolute atomic E-state index is 0.640. The van der Waals surface area contributed by atoms with Gasteiger partial charge < -0.3 is 0 Å². The highest BCUT2D eigenvalue weighted by molar-refractivity contribution is 5.56. The van der Waals surface area contributed by atoms with Crippen molar-refractivity contribution in [3.05, 3.63) is 35.1 Å². The van der Waals surface area contributed by atoms with Crippen molar-refractivity contribution in [1.29, 1.82) is 0 Å². The van der Waals surface area contributed by atoms with Crippen molar-refractivity contribution in [3.8, 4) is 0 Å². The molecule has 1 nitrogen and oxygen atoms in total. The second kappa shape index (κ2) is 9.39. The van der Waals surface area contributed by atoms with Gasteiger partial charge >= 0.3 is 0 Å². The van der Waals surface area contributed by atoms with Crippen LogP contribution in [0.25, 0.3) is 0 Å². The lowest BCUT2D eigenvalue weighted by Gasteiger charge is -2.32. The molecule has 0 aromatic heterocycles. The van der Waals surface area contributed by atoms with Crippen molar-refractivity contribution in [2.45, 2.75) is 79.6 Å². The normalized spacial score (nSPS) is 26.2. The average Bonchev–Trinajstić information content (AvgIpc) is 2.60. The van der Waals surface area contributed by atoms with E-state index in [1.165, 1.54) is 56.1 Å². The van der Waals surface area contributed by atoms with E-state index in [0.717, 1.165) is 11.8 Å². The van der Waals surface area contributed by atoms with E-state index in [0.29, 0.717) is 11.8 Å². The molecule has 2 aliphatic carbocycles. The number of rotatable bonds is 6. The molecule has 2 aliphatic rings. The number of hydrogen-bond donors (Lipinski definition) is 0. The van der Waals surface area contributed by atoms with Gasteiger partial charge in [-0.25, -0.2) is 0 Å². The van der Waals surface area contributed by atoms with Gasteiger partial charge in [-0.05, 0) is 67.1 Å². The molecule has 2 rings (SSSR count). The zero-order chi connectivity index (χ0) is 17.5. The Balaban J connectivity index is 2.08. The highest BCUT2D eigenvalue weighted by Gasteiger charge is 2.25. The molecule has 0 radical (unpaired) electrons. The molecule has 3 atom stereocenters. The van der Waals surface area contributed by atoms with Crippen molar-refractivity contribution in [3.63, 3.8) is 0 Å². The SMILES string of the molecule is C/C=N\C=C(/C)C1=CC(C)CC=C1C(C)CC(C)C1CCCCC1. The van der Waals surface area contributed by atoms with Crippen molar-refractivity contribution in [2.75, 3.05) is 0 Å². The summed E-state index contributed by atoms with van der Waals surface area (Å²) in [6.07, 6.45) is 18.6. The van der Waals surface area contributed by atoms with Crippen LogP contribution in [0.1, 0.15) is 79.6 Å². The first kappa shape index (κ1) is 19.2. The van der Waals surface area contributed by atoms with Gasteiger partial charge in [-0.1, -0.05) is 65.0 Å². The number of nitrogens with zero attached hydrogens (tertiary/aromatic N) is 1. The molecule has 1 saturated carbocycles. The van der Waals surface area contributed by atoms with Crippen molar-refractivity contribution < 1.29 is 0 Å². The Morgan fingerprint density at radius 2 is 1.96 bits per heavy atom. The Hall–Kier alpha value is -1.11. The summed E-state index contributed by atoms with van der Waals surface area (Å²) in [5.74, 6) is 3.09. The summed E-state index contributed by atoms with van der Waals surface area (Å²) < 4.78 is 0. The zero-order valence-electron chi connectivity index (χ0n) is 16.5. The molecule has 134 valence electrons. The predicted molar refractivity (Wildman–Crippen MR) is 107 cm³/mol. The number of aliphatic imine (C=N–C) groups is 1. The summed E-state index contributed by atoms with van der Waals surface area (Å²) >= 11 is 0. The van der Waals surface area contributed by atoms with Gasteiger partial charge in [-0.2, -0.15) is 0 Å². The van der Waals surface area contributed by atoms with Crippen LogP contribution in [0.4, 0.5) is 0 Å². The van der Waals surface area contributed by atoms with Gasteiger partial charge in [-0.3, -0.25) is 4.99 Å². The third-order valence-electron chi connectivity index (χ3n) is 6.02. The Kier molecular flexibility index (Phi) is 7.52. The minimum atomic E-state index is 0.640. The fraction of sp³-hybridized carbons (Fsp3) is 0.696. The smallest absolute Gasteiger partial charge is 0.0298 e. The van der Waals surface area contributed by atoms with Crippen molar-refractivity contribution in [2.24, 2.45) is 28.7 Å². The van der Waals surface area contributed by atoms with Crippen LogP contribution >= 0.6 is 0 Å². The maximum absolute atomic E-state index is 4.35. The summed E-state index contributed by atoms with van der Waals surface area (Å²) in [6.45, 7) is 11.4. The van der Waals surface area contributed by atoms with Gasteiger partial charge in [0.2, 0.25) is 0 Å². The first-order valence-electron chi connectivity index (χ1n) is 10.1. The molecule has 0 aromatic rings. The van der Waals surface area contributed by atoms with E-state index in [2.05, 4.69) is 44.8 Å². The first-order chi connectivity index (χ1) is 11.5. The van der Waals surface area contributed by atoms with Crippen LogP contribution < -0.4 is 0 Å². The van der Waals surface area contributed by atoms with E-state index >= 15 is 0 Å². The summed E-state index contributed by atoms with van der Waals surface area (Å²) in [5.41, 5.74) is 4.32. The van der Waals surface area contributed by atoms with E-state index in [4.69, 9.17) is 0 Å². The van der Waals surface area contributed by atoms with E-state index < -0.39 is 0 Å². The molecule has 24 heavy (non-hydrogen) atoms. The molecular weight excluding hydrogens is 290 g/mol. The van der Waals surface area contributed by atoms with E-state index in [-0.39, 0.29) is 0 Å². The maximum Gasteiger partial charge on any atom is 0.0298 e. The summed E-state index contributed by atoms with van der Waals surface area (Å²) in [4.78, 5) is 4.35. The number of hydrogen-bond acceptors (Lipinski definition) is 1. The van der Waals surface area contributed by atoms with Gasteiger partial charge in [0, 0.05) is 12.4 Å². The van der Waals surface area contributed by atoms with Crippen LogP contribution in [0.15, 0.2) is 40.1 Å². The standard InChI is InChI=1S/C23H37N/c1-6-24-16-20(5)23-14-17(2)12-13-22(23)19(4)15-18(3)21-10-8-7-9-11-21/h6,13-14,16-19,21H,7-12,15H2,1-5H3/b20-16+,24-6-. The summed E-state index contributed by atoms with van der Waals surface area (Å²) in [5, 5.41) is 0. The van der Waals surface area contributed by atoms with E-state index in [9.17, 15) is 0 Å². The second-order valence-corrected chi connectivity index (χ2v) is 8.18. The lowest BCUT2D eigenvalue weighted by molar-refractivity contribution is 0.237. The Bertz CT molecular complexity index is 514. The third kappa shape index (κ3) is 5.19. The topological polar surface area (TPSA) is 12.4 Å². The van der Waals surface area contributed by atoms with Gasteiger partial charge in [-0.15, -0.1) is 0 Å². The lowest BCUT2D eigenvalue weighted by atomic mass is 9.74. The first-order valence-corrected chi connectivity index (χ1v) is 10.1. The van der Waals surface area contributed by atoms with Gasteiger partial charge in [0.25, 0.3) is 0 Å². The average molecular weight is 328 g/mol. The molecular formula is C23H37N. The molecule has 0 amide bonds. The Labute approximate surface area is 150 Å². The Morgan fingerprint density at radius 3 is 2.62 bits per heavy atom. The molecule has 0 bridgehead atoms. The molecule has 3 unspecified atom stereocenters. The largest absolute Gasteiger partial charge is 0.269 e. The highest BCUT2D eigenvalue weighted by Crippen LogP contribution is 2.39. The van der Waals surface area contributed by atoms with Crippen LogP contribution in [-0.2, 0) is 0 Å². The van der Waals surface area contributed by atoms with Crippen LogP contribution in [-0.4, -0.2) is 6.21 Å². The molecule has 1 fully saturated rings. The second-order valence-electron chi connectivity index (χ2n) is 8.18. The quantitative estimate of drug-likeness (QED) is 0.461. The van der Waals surface area contributed by atoms with Gasteiger partial charge in [0.15, 0.2) is 0 Å². The fourth-order valence-electron chi connectivity index (χ4n) is 4.53. The molecule has 0 aliphatic heterocycles. The highest BCUT2D eigenvalue weighted by atomic mass is 14.7. The molecule has 0 saturated heterocycles. The Morgan fingerprint density at radius 1 is 1.25 bits per heavy atom. The maximum atomic E-state index is 4.35. The van der Waals surface area contributed by atoms with Gasteiger partial charge in [0.1, 0.15) is 0 Å². The van der Waals surface area contributed by atoms with E-state index in [1.807, 2.05) is 19.3 Å². The minimum Gasteiger partial charge on any atom is -0.269 e. The van der Waals surface area contributed by atoms with Crippen molar-refractivity contribution >= 4 is 6.21 Å². The molecule has 0 N–H and O–H groups in total. The molecule has 0 aromatic carbocycles. The van der Waals surface area contributed by atoms with Gasteiger partial charge in [0.05, 0.1) is 0 Å². The van der Waals surface area contributed by atoms with Crippen LogP contribution in [0.2, 0.25) is 0 Å². The third-order valence-corrected chi connectivity index (χ3v) is 6.02. The van der Waals surface area contributed by atoms with Crippen LogP contribution in [0.5, 0.6) is 0 Å². The van der Waals surface area contributed by atoms with E-state index in [1.54, 1.807) is 5.57 Å². The number of allylic oxidation sites excluding steroid dienone is 5. The van der Waals surface area contributed by atoms with Crippen LogP contribution in [0, 0.1) is 23.7 Å². The molecule has 0 spiro atoms. The lowest BCUT2D eigenvalue weighted by Crippen LogP contribution is -2.19. The predicted octanol–water partition coefficient (Wildman–Crippen LogP) is 7.12. The monoisotopic (exact) mass is 327 g/mol. The zero-order valence-corrected chi connectivity index (χ0v) is 16.5.